The molecule has 0 saturated heterocycles. The summed E-state index contributed by atoms with van der Waals surface area (Å²) in [7, 11) is 1.57. The molecule has 128 valence electrons. The minimum atomic E-state index is -4.37. The molecule has 0 bridgehead atoms. The van der Waals surface area contributed by atoms with Gasteiger partial charge in [0.2, 0.25) is 5.88 Å². The Balaban J connectivity index is 2.12. The maximum atomic E-state index is 12.6. The van der Waals surface area contributed by atoms with Crippen LogP contribution in [-0.4, -0.2) is 29.4 Å². The van der Waals surface area contributed by atoms with E-state index < -0.39 is 11.7 Å². The molecule has 0 atom stereocenters. The lowest BCUT2D eigenvalue weighted by molar-refractivity contribution is -0.137. The van der Waals surface area contributed by atoms with Crippen molar-refractivity contribution in [2.45, 2.75) is 19.6 Å². The molecule has 0 saturated carbocycles. The van der Waals surface area contributed by atoms with Crippen LogP contribution in [0.25, 0.3) is 0 Å². The average Bonchev–Trinajstić information content (AvgIpc) is 2.54. The highest BCUT2D eigenvalue weighted by Gasteiger charge is 2.30. The zero-order chi connectivity index (χ0) is 17.7. The van der Waals surface area contributed by atoms with E-state index in [1.165, 1.54) is 23.2 Å². The first-order valence-corrected chi connectivity index (χ1v) is 7.32. The van der Waals surface area contributed by atoms with E-state index in [0.717, 1.165) is 12.1 Å². The van der Waals surface area contributed by atoms with Crippen LogP contribution in [0.5, 0.6) is 5.88 Å². The summed E-state index contributed by atoms with van der Waals surface area (Å²) in [5.74, 6) is -0.0734. The summed E-state index contributed by atoms with van der Waals surface area (Å²) < 4.78 is 43.0. The van der Waals surface area contributed by atoms with Gasteiger partial charge in [-0.05, 0) is 36.8 Å². The van der Waals surface area contributed by atoms with E-state index in [4.69, 9.17) is 4.74 Å². The molecule has 0 unspecified atom stereocenters. The summed E-state index contributed by atoms with van der Waals surface area (Å²) in [6, 6.07) is 7.95. The average molecular weight is 338 g/mol. The molecule has 1 aromatic heterocycles. The third-order valence-electron chi connectivity index (χ3n) is 3.33. The van der Waals surface area contributed by atoms with Crippen LogP contribution < -0.4 is 4.74 Å². The molecule has 0 spiro atoms. The molecular formula is C17H17F3N2O2. The van der Waals surface area contributed by atoms with E-state index in [-0.39, 0.29) is 18.3 Å². The minimum Gasteiger partial charge on any atom is -0.477 e. The highest BCUT2D eigenvalue weighted by molar-refractivity contribution is 5.96. The van der Waals surface area contributed by atoms with Crippen LogP contribution in [-0.2, 0) is 12.7 Å². The summed E-state index contributed by atoms with van der Waals surface area (Å²) in [4.78, 5) is 17.9. The number of hydrogen-bond acceptors (Lipinski definition) is 3. The SMILES string of the molecule is CCOc1ncccc1C(=O)N(C)Cc1ccc(C(F)(F)F)cc1. The van der Waals surface area contributed by atoms with Crippen molar-refractivity contribution in [3.05, 3.63) is 59.3 Å². The molecular weight excluding hydrogens is 321 g/mol. The highest BCUT2D eigenvalue weighted by atomic mass is 19.4. The summed E-state index contributed by atoms with van der Waals surface area (Å²) in [5, 5.41) is 0. The number of hydrogen-bond donors (Lipinski definition) is 0. The number of rotatable bonds is 5. The van der Waals surface area contributed by atoms with Crippen LogP contribution in [0, 0.1) is 0 Å². The van der Waals surface area contributed by atoms with Crippen LogP contribution in [0.4, 0.5) is 13.2 Å². The van der Waals surface area contributed by atoms with Gasteiger partial charge in [0.05, 0.1) is 12.2 Å². The molecule has 0 aliphatic carbocycles. The Morgan fingerprint density at radius 2 is 1.88 bits per heavy atom. The van der Waals surface area contributed by atoms with Crippen molar-refractivity contribution in [3.8, 4) is 5.88 Å². The Morgan fingerprint density at radius 3 is 2.46 bits per heavy atom. The molecule has 0 aliphatic rings. The molecule has 0 fully saturated rings. The second kappa shape index (κ2) is 7.33. The molecule has 1 amide bonds. The molecule has 1 heterocycles. The number of amides is 1. The number of ether oxygens (including phenoxy) is 1. The molecule has 0 radical (unpaired) electrons. The maximum Gasteiger partial charge on any atom is 0.416 e. The molecule has 4 nitrogen and oxygen atoms in total. The van der Waals surface area contributed by atoms with Crippen molar-refractivity contribution >= 4 is 5.91 Å². The largest absolute Gasteiger partial charge is 0.477 e. The topological polar surface area (TPSA) is 42.4 Å². The summed E-state index contributed by atoms with van der Waals surface area (Å²) in [6.07, 6.45) is -2.85. The molecule has 1 aromatic carbocycles. The number of benzene rings is 1. The molecule has 7 heteroatoms. The van der Waals surface area contributed by atoms with Gasteiger partial charge < -0.3 is 9.64 Å². The van der Waals surface area contributed by atoms with Gasteiger partial charge in [-0.25, -0.2) is 4.98 Å². The van der Waals surface area contributed by atoms with E-state index in [1.54, 1.807) is 26.1 Å². The smallest absolute Gasteiger partial charge is 0.416 e. The van der Waals surface area contributed by atoms with Crippen LogP contribution in [0.15, 0.2) is 42.6 Å². The van der Waals surface area contributed by atoms with Crippen molar-refractivity contribution in [2.75, 3.05) is 13.7 Å². The standard InChI is InChI=1S/C17H17F3N2O2/c1-3-24-15-14(5-4-10-21-15)16(23)22(2)11-12-6-8-13(9-7-12)17(18,19)20/h4-10H,3,11H2,1-2H3. The minimum absolute atomic E-state index is 0.178. The number of halogens is 3. The Bertz CT molecular complexity index is 700. The third-order valence-corrected chi connectivity index (χ3v) is 3.33. The Kier molecular flexibility index (Phi) is 5.43. The van der Waals surface area contributed by atoms with Gasteiger partial charge >= 0.3 is 6.18 Å². The lowest BCUT2D eigenvalue weighted by atomic mass is 10.1. The van der Waals surface area contributed by atoms with Gasteiger partial charge in [0.1, 0.15) is 5.56 Å². The Labute approximate surface area is 137 Å². The van der Waals surface area contributed by atoms with Gasteiger partial charge in [-0.1, -0.05) is 12.1 Å². The van der Waals surface area contributed by atoms with Crippen molar-refractivity contribution in [1.29, 1.82) is 0 Å². The normalized spacial score (nSPS) is 11.2. The van der Waals surface area contributed by atoms with E-state index >= 15 is 0 Å². The number of nitrogens with zero attached hydrogens (tertiary/aromatic N) is 2. The fourth-order valence-electron chi connectivity index (χ4n) is 2.16. The summed E-state index contributed by atoms with van der Waals surface area (Å²) >= 11 is 0. The Morgan fingerprint density at radius 1 is 1.21 bits per heavy atom. The molecule has 2 rings (SSSR count). The van der Waals surface area contributed by atoms with E-state index in [9.17, 15) is 18.0 Å². The van der Waals surface area contributed by atoms with Crippen LogP contribution in [0.3, 0.4) is 0 Å². The zero-order valence-corrected chi connectivity index (χ0v) is 13.3. The summed E-state index contributed by atoms with van der Waals surface area (Å²) in [6.45, 7) is 2.34. The van der Waals surface area contributed by atoms with Gasteiger partial charge in [-0.3, -0.25) is 4.79 Å². The molecule has 0 aliphatic heterocycles. The van der Waals surface area contributed by atoms with Gasteiger partial charge in [0, 0.05) is 19.8 Å². The third kappa shape index (κ3) is 4.24. The highest BCUT2D eigenvalue weighted by Crippen LogP contribution is 2.29. The quantitative estimate of drug-likeness (QED) is 0.833. The van der Waals surface area contributed by atoms with Gasteiger partial charge in [-0.15, -0.1) is 0 Å². The second-order valence-electron chi connectivity index (χ2n) is 5.15. The van der Waals surface area contributed by atoms with Crippen molar-refractivity contribution in [3.63, 3.8) is 0 Å². The second-order valence-corrected chi connectivity index (χ2v) is 5.15. The molecule has 24 heavy (non-hydrogen) atoms. The number of carbonyl (C=O) groups excluding carboxylic acids is 1. The van der Waals surface area contributed by atoms with Gasteiger partial charge in [-0.2, -0.15) is 13.2 Å². The fourth-order valence-corrected chi connectivity index (χ4v) is 2.16. The predicted molar refractivity (Wildman–Crippen MR) is 82.6 cm³/mol. The Hall–Kier alpha value is -2.57. The lowest BCUT2D eigenvalue weighted by Gasteiger charge is -2.19. The first-order valence-electron chi connectivity index (χ1n) is 7.32. The molecule has 2 aromatic rings. The van der Waals surface area contributed by atoms with Crippen molar-refractivity contribution in [1.82, 2.24) is 9.88 Å². The van der Waals surface area contributed by atoms with Gasteiger partial charge in [0.25, 0.3) is 5.91 Å². The zero-order valence-electron chi connectivity index (χ0n) is 13.3. The van der Waals surface area contributed by atoms with Crippen molar-refractivity contribution in [2.24, 2.45) is 0 Å². The maximum absolute atomic E-state index is 12.6. The lowest BCUT2D eigenvalue weighted by Crippen LogP contribution is -2.27. The predicted octanol–water partition coefficient (Wildman–Crippen LogP) is 3.77. The van der Waals surface area contributed by atoms with Gasteiger partial charge in [0.15, 0.2) is 0 Å². The van der Waals surface area contributed by atoms with E-state index in [1.807, 2.05) is 0 Å². The summed E-state index contributed by atoms with van der Waals surface area (Å²) in [5.41, 5.74) is 0.195. The van der Waals surface area contributed by atoms with E-state index in [2.05, 4.69) is 4.98 Å². The first kappa shape index (κ1) is 17.8. The fraction of sp³-hybridized carbons (Fsp3) is 0.294. The van der Waals surface area contributed by atoms with E-state index in [0.29, 0.717) is 17.7 Å². The molecule has 0 N–H and O–H groups in total. The van der Waals surface area contributed by atoms with Crippen molar-refractivity contribution < 1.29 is 22.7 Å². The monoisotopic (exact) mass is 338 g/mol. The number of carbonyl (C=O) groups is 1. The van der Waals surface area contributed by atoms with Crippen LogP contribution >= 0.6 is 0 Å². The first-order chi connectivity index (χ1) is 11.3. The van der Waals surface area contributed by atoms with Crippen LogP contribution in [0.1, 0.15) is 28.4 Å². The number of alkyl halides is 3. The number of aromatic nitrogens is 1. The number of pyridine rings is 1. The van der Waals surface area contributed by atoms with Crippen LogP contribution in [0.2, 0.25) is 0 Å².